The highest BCUT2D eigenvalue weighted by molar-refractivity contribution is 5.97. The summed E-state index contributed by atoms with van der Waals surface area (Å²) in [6, 6.07) is 18.9. The van der Waals surface area contributed by atoms with Crippen LogP contribution in [0.15, 0.2) is 71.8 Å². The summed E-state index contributed by atoms with van der Waals surface area (Å²) in [7, 11) is 2.98. The molecule has 1 N–H and O–H groups in total. The van der Waals surface area contributed by atoms with E-state index in [0.29, 0.717) is 28.2 Å². The Labute approximate surface area is 180 Å². The molecule has 0 aliphatic carbocycles. The minimum Gasteiger partial charge on any atom is -0.496 e. The van der Waals surface area contributed by atoms with Crippen LogP contribution in [0.1, 0.15) is 31.8 Å². The third-order valence-electron chi connectivity index (χ3n) is 4.38. The lowest BCUT2D eigenvalue weighted by molar-refractivity contribution is 0.0729. The van der Waals surface area contributed by atoms with Gasteiger partial charge in [-0.1, -0.05) is 24.3 Å². The molecule has 0 saturated carbocycles. The minimum atomic E-state index is -0.486. The first-order chi connectivity index (χ1) is 15.0. The van der Waals surface area contributed by atoms with Gasteiger partial charge in [0.2, 0.25) is 0 Å². The predicted octanol–water partition coefficient (Wildman–Crippen LogP) is 4.00. The van der Waals surface area contributed by atoms with Gasteiger partial charge in [-0.2, -0.15) is 5.10 Å². The number of hydrogen-bond acceptors (Lipinski definition) is 6. The number of nitrogens with zero attached hydrogens (tertiary/aromatic N) is 1. The first kappa shape index (κ1) is 21.6. The molecule has 0 aliphatic rings. The van der Waals surface area contributed by atoms with E-state index in [4.69, 9.17) is 14.2 Å². The molecule has 3 rings (SSSR count). The maximum atomic E-state index is 12.4. The summed E-state index contributed by atoms with van der Waals surface area (Å²) in [5.41, 5.74) is 4.92. The third-order valence-corrected chi connectivity index (χ3v) is 4.38. The largest absolute Gasteiger partial charge is 0.496 e. The van der Waals surface area contributed by atoms with Crippen LogP contribution in [0.4, 0.5) is 0 Å². The first-order valence-corrected chi connectivity index (χ1v) is 9.45. The third kappa shape index (κ3) is 5.48. The van der Waals surface area contributed by atoms with E-state index in [1.54, 1.807) is 54.6 Å². The van der Waals surface area contributed by atoms with E-state index in [0.717, 1.165) is 5.56 Å². The smallest absolute Gasteiger partial charge is 0.343 e. The molecule has 3 aromatic carbocycles. The summed E-state index contributed by atoms with van der Waals surface area (Å²) >= 11 is 0. The van der Waals surface area contributed by atoms with Crippen LogP contribution in [-0.4, -0.2) is 32.3 Å². The second-order valence-electron chi connectivity index (χ2n) is 6.57. The highest BCUT2D eigenvalue weighted by Crippen LogP contribution is 2.28. The van der Waals surface area contributed by atoms with Gasteiger partial charge in [0.25, 0.3) is 5.91 Å². The zero-order chi connectivity index (χ0) is 22.2. The SMILES string of the molecule is COc1cc(/C=N\NC(=O)c2ccc(C)cc2OC)ccc1OC(=O)c1ccccc1. The van der Waals surface area contributed by atoms with Crippen LogP contribution >= 0.6 is 0 Å². The van der Waals surface area contributed by atoms with Crippen LogP contribution in [0.2, 0.25) is 0 Å². The van der Waals surface area contributed by atoms with Crippen LogP contribution in [0.3, 0.4) is 0 Å². The van der Waals surface area contributed by atoms with E-state index < -0.39 is 11.9 Å². The van der Waals surface area contributed by atoms with Gasteiger partial charge in [0.05, 0.1) is 31.6 Å². The maximum absolute atomic E-state index is 12.4. The Morgan fingerprint density at radius 1 is 0.871 bits per heavy atom. The van der Waals surface area contributed by atoms with E-state index >= 15 is 0 Å². The zero-order valence-electron chi connectivity index (χ0n) is 17.4. The summed E-state index contributed by atoms with van der Waals surface area (Å²) in [5, 5.41) is 3.99. The molecule has 0 unspecified atom stereocenters. The summed E-state index contributed by atoms with van der Waals surface area (Å²) in [6.07, 6.45) is 1.46. The van der Waals surface area contributed by atoms with Gasteiger partial charge >= 0.3 is 5.97 Å². The van der Waals surface area contributed by atoms with Crippen molar-refractivity contribution < 1.29 is 23.8 Å². The fraction of sp³-hybridized carbons (Fsp3) is 0.125. The second-order valence-corrected chi connectivity index (χ2v) is 6.57. The second kappa shape index (κ2) is 10.1. The fourth-order valence-electron chi connectivity index (χ4n) is 2.79. The van der Waals surface area contributed by atoms with Crippen molar-refractivity contribution in [2.24, 2.45) is 5.10 Å². The van der Waals surface area contributed by atoms with Gasteiger partial charge in [0.15, 0.2) is 11.5 Å². The monoisotopic (exact) mass is 418 g/mol. The zero-order valence-corrected chi connectivity index (χ0v) is 17.4. The number of hydrogen-bond donors (Lipinski definition) is 1. The molecule has 0 spiro atoms. The molecule has 7 nitrogen and oxygen atoms in total. The van der Waals surface area contributed by atoms with Gasteiger partial charge in [-0.25, -0.2) is 10.2 Å². The molecule has 0 bridgehead atoms. The first-order valence-electron chi connectivity index (χ1n) is 9.45. The number of hydrazone groups is 1. The van der Waals surface area contributed by atoms with Crippen molar-refractivity contribution in [2.45, 2.75) is 6.92 Å². The van der Waals surface area contributed by atoms with E-state index in [2.05, 4.69) is 10.5 Å². The van der Waals surface area contributed by atoms with Crippen molar-refractivity contribution in [2.75, 3.05) is 14.2 Å². The number of ether oxygens (including phenoxy) is 3. The molecule has 0 heterocycles. The fourth-order valence-corrected chi connectivity index (χ4v) is 2.79. The predicted molar refractivity (Wildman–Crippen MR) is 117 cm³/mol. The Morgan fingerprint density at radius 3 is 2.32 bits per heavy atom. The van der Waals surface area contributed by atoms with E-state index in [9.17, 15) is 9.59 Å². The lowest BCUT2D eigenvalue weighted by atomic mass is 10.1. The number of benzene rings is 3. The molecule has 0 saturated heterocycles. The molecule has 0 atom stereocenters. The minimum absolute atomic E-state index is 0.280. The van der Waals surface area contributed by atoms with E-state index in [1.165, 1.54) is 20.4 Å². The van der Waals surface area contributed by atoms with Gasteiger partial charge in [-0.15, -0.1) is 0 Å². The average Bonchev–Trinajstić information content (AvgIpc) is 2.80. The average molecular weight is 418 g/mol. The highest BCUT2D eigenvalue weighted by Gasteiger charge is 2.13. The van der Waals surface area contributed by atoms with Crippen molar-refractivity contribution in [3.05, 3.63) is 89.0 Å². The van der Waals surface area contributed by atoms with Gasteiger partial charge in [-0.05, 0) is 60.5 Å². The number of rotatable bonds is 7. The van der Waals surface area contributed by atoms with Crippen LogP contribution in [0, 0.1) is 6.92 Å². The molecule has 31 heavy (non-hydrogen) atoms. The van der Waals surface area contributed by atoms with Crippen molar-refractivity contribution in [3.8, 4) is 17.2 Å². The summed E-state index contributed by atoms with van der Waals surface area (Å²) in [6.45, 7) is 1.91. The molecule has 0 radical (unpaired) electrons. The van der Waals surface area contributed by atoms with Crippen LogP contribution in [-0.2, 0) is 0 Å². The number of amides is 1. The van der Waals surface area contributed by atoms with Gasteiger partial charge in [0.1, 0.15) is 5.75 Å². The van der Waals surface area contributed by atoms with Crippen LogP contribution in [0.5, 0.6) is 17.2 Å². The maximum Gasteiger partial charge on any atom is 0.343 e. The number of nitrogens with one attached hydrogen (secondary N) is 1. The Bertz CT molecular complexity index is 1110. The van der Waals surface area contributed by atoms with Crippen LogP contribution < -0.4 is 19.6 Å². The number of carbonyl (C=O) groups is 2. The standard InChI is InChI=1S/C24H22N2O5/c1-16-9-11-19(21(13-16)29-2)23(27)26-25-15-17-10-12-20(22(14-17)30-3)31-24(28)18-7-5-4-6-8-18/h4-15H,1-3H3,(H,26,27)/b25-15-. The quantitative estimate of drug-likeness (QED) is 0.271. The Hall–Kier alpha value is -4.13. The van der Waals surface area contributed by atoms with Gasteiger partial charge in [0, 0.05) is 0 Å². The number of esters is 1. The van der Waals surface area contributed by atoms with Crippen molar-refractivity contribution in [3.63, 3.8) is 0 Å². The van der Waals surface area contributed by atoms with Gasteiger partial charge in [-0.3, -0.25) is 4.79 Å². The summed E-state index contributed by atoms with van der Waals surface area (Å²) in [4.78, 5) is 24.6. The lowest BCUT2D eigenvalue weighted by Crippen LogP contribution is -2.18. The highest BCUT2D eigenvalue weighted by atomic mass is 16.6. The van der Waals surface area contributed by atoms with E-state index in [-0.39, 0.29) is 5.75 Å². The molecule has 0 aromatic heterocycles. The lowest BCUT2D eigenvalue weighted by Gasteiger charge is -2.10. The summed E-state index contributed by atoms with van der Waals surface area (Å²) < 4.78 is 16.0. The molecule has 0 aliphatic heterocycles. The Balaban J connectivity index is 1.69. The number of methoxy groups -OCH3 is 2. The molecule has 158 valence electrons. The van der Waals surface area contributed by atoms with E-state index in [1.807, 2.05) is 19.1 Å². The van der Waals surface area contributed by atoms with Crippen molar-refractivity contribution >= 4 is 18.1 Å². The molecular formula is C24H22N2O5. The Kier molecular flexibility index (Phi) is 7.01. The molecule has 0 fully saturated rings. The Morgan fingerprint density at radius 2 is 1.61 bits per heavy atom. The molecule has 3 aromatic rings. The van der Waals surface area contributed by atoms with Gasteiger partial charge < -0.3 is 14.2 Å². The van der Waals surface area contributed by atoms with Crippen LogP contribution in [0.25, 0.3) is 0 Å². The number of carbonyl (C=O) groups excluding carboxylic acids is 2. The molecular weight excluding hydrogens is 396 g/mol. The van der Waals surface area contributed by atoms with Crippen molar-refractivity contribution in [1.82, 2.24) is 5.43 Å². The number of aryl methyl sites for hydroxylation is 1. The van der Waals surface area contributed by atoms with Crippen molar-refractivity contribution in [1.29, 1.82) is 0 Å². The topological polar surface area (TPSA) is 86.2 Å². The normalized spacial score (nSPS) is 10.5. The molecule has 7 heteroatoms. The molecule has 1 amide bonds. The summed E-state index contributed by atoms with van der Waals surface area (Å²) in [5.74, 6) is 0.230.